The molecule has 92 valence electrons. The Hall–Kier alpha value is -1.10. The molecule has 1 heterocycles. The summed E-state index contributed by atoms with van der Waals surface area (Å²) >= 11 is 0. The van der Waals surface area contributed by atoms with Crippen LogP contribution >= 0.6 is 0 Å². The van der Waals surface area contributed by atoms with E-state index in [9.17, 15) is 9.59 Å². The Morgan fingerprint density at radius 1 is 1.56 bits per heavy atom. The fraction of sp³-hybridized carbons (Fsp3) is 0.818. The van der Waals surface area contributed by atoms with E-state index in [1.807, 2.05) is 6.92 Å². The second-order valence-electron chi connectivity index (χ2n) is 4.49. The molecule has 5 heteroatoms. The molecule has 1 amide bonds. The molecule has 0 aromatic carbocycles. The van der Waals surface area contributed by atoms with Crippen molar-refractivity contribution in [1.29, 1.82) is 0 Å². The first kappa shape index (κ1) is 13.0. The second-order valence-corrected chi connectivity index (χ2v) is 4.49. The van der Waals surface area contributed by atoms with Gasteiger partial charge in [-0.2, -0.15) is 0 Å². The van der Waals surface area contributed by atoms with Crippen LogP contribution in [-0.2, 0) is 9.59 Å². The fourth-order valence-corrected chi connectivity index (χ4v) is 2.15. The summed E-state index contributed by atoms with van der Waals surface area (Å²) in [4.78, 5) is 22.7. The number of hydrogen-bond acceptors (Lipinski definition) is 3. The summed E-state index contributed by atoms with van der Waals surface area (Å²) in [5.74, 6) is -1.12. The first-order chi connectivity index (χ1) is 7.52. The quantitative estimate of drug-likeness (QED) is 0.634. The van der Waals surface area contributed by atoms with Gasteiger partial charge in [-0.25, -0.2) is 0 Å². The Morgan fingerprint density at radius 3 is 2.69 bits per heavy atom. The van der Waals surface area contributed by atoms with Gasteiger partial charge in [0, 0.05) is 6.54 Å². The van der Waals surface area contributed by atoms with Crippen molar-refractivity contribution in [2.45, 2.75) is 39.2 Å². The van der Waals surface area contributed by atoms with Gasteiger partial charge in [0.1, 0.15) is 6.04 Å². The van der Waals surface area contributed by atoms with E-state index in [0.717, 1.165) is 25.8 Å². The van der Waals surface area contributed by atoms with Crippen LogP contribution in [0.4, 0.5) is 0 Å². The minimum atomic E-state index is -0.994. The van der Waals surface area contributed by atoms with Gasteiger partial charge in [0.15, 0.2) is 0 Å². The first-order valence-electron chi connectivity index (χ1n) is 5.76. The van der Waals surface area contributed by atoms with Crippen LogP contribution < -0.4 is 10.6 Å². The molecule has 5 nitrogen and oxygen atoms in total. The Morgan fingerprint density at radius 2 is 2.25 bits per heavy atom. The lowest BCUT2D eigenvalue weighted by Gasteiger charge is -2.27. The van der Waals surface area contributed by atoms with Crippen molar-refractivity contribution in [2.75, 3.05) is 13.1 Å². The van der Waals surface area contributed by atoms with Crippen molar-refractivity contribution < 1.29 is 14.7 Å². The second kappa shape index (κ2) is 5.30. The molecule has 1 saturated heterocycles. The molecule has 1 unspecified atom stereocenters. The zero-order valence-corrected chi connectivity index (χ0v) is 9.88. The average molecular weight is 228 g/mol. The smallest absolute Gasteiger partial charge is 0.325 e. The van der Waals surface area contributed by atoms with Gasteiger partial charge in [-0.15, -0.1) is 0 Å². The number of rotatable bonds is 5. The maximum atomic E-state index is 12.1. The van der Waals surface area contributed by atoms with E-state index in [0.29, 0.717) is 6.54 Å². The van der Waals surface area contributed by atoms with Gasteiger partial charge >= 0.3 is 5.97 Å². The molecule has 2 atom stereocenters. The summed E-state index contributed by atoms with van der Waals surface area (Å²) in [5.41, 5.74) is -0.404. The van der Waals surface area contributed by atoms with Gasteiger partial charge in [0.2, 0.25) is 5.91 Å². The SMILES string of the molecule is CCCC1(C(=O)N[C@H](C)C(=O)O)CCNC1. The molecule has 0 bridgehead atoms. The van der Waals surface area contributed by atoms with E-state index in [2.05, 4.69) is 10.6 Å². The zero-order valence-electron chi connectivity index (χ0n) is 9.88. The van der Waals surface area contributed by atoms with Gasteiger partial charge in [0.25, 0.3) is 0 Å². The van der Waals surface area contributed by atoms with E-state index in [-0.39, 0.29) is 5.91 Å². The number of carboxylic acids is 1. The van der Waals surface area contributed by atoms with E-state index >= 15 is 0 Å². The highest BCUT2D eigenvalue weighted by Crippen LogP contribution is 2.31. The van der Waals surface area contributed by atoms with Crippen LogP contribution in [-0.4, -0.2) is 36.1 Å². The Kier molecular flexibility index (Phi) is 4.29. The van der Waals surface area contributed by atoms with Gasteiger partial charge in [-0.3, -0.25) is 9.59 Å². The predicted molar refractivity (Wildman–Crippen MR) is 60.1 cm³/mol. The molecule has 1 aliphatic heterocycles. The van der Waals surface area contributed by atoms with Crippen molar-refractivity contribution in [3.05, 3.63) is 0 Å². The number of carboxylic acid groups (broad SMARTS) is 1. The monoisotopic (exact) mass is 228 g/mol. The molecule has 0 saturated carbocycles. The molecule has 0 aromatic rings. The van der Waals surface area contributed by atoms with Crippen LogP contribution in [0.1, 0.15) is 33.1 Å². The highest BCUT2D eigenvalue weighted by Gasteiger charge is 2.40. The summed E-state index contributed by atoms with van der Waals surface area (Å²) in [6.45, 7) is 5.00. The predicted octanol–water partition coefficient (Wildman–Crippen LogP) is 0.356. The molecule has 0 spiro atoms. The minimum Gasteiger partial charge on any atom is -0.480 e. The molecular formula is C11H20N2O3. The molecule has 0 aliphatic carbocycles. The zero-order chi connectivity index (χ0) is 12.2. The van der Waals surface area contributed by atoms with Gasteiger partial charge in [-0.1, -0.05) is 13.3 Å². The van der Waals surface area contributed by atoms with E-state index in [1.54, 1.807) is 0 Å². The summed E-state index contributed by atoms with van der Waals surface area (Å²) in [6, 6.07) is -0.818. The Bertz CT molecular complexity index is 272. The lowest BCUT2D eigenvalue weighted by molar-refractivity contribution is -0.143. The molecule has 1 fully saturated rings. The van der Waals surface area contributed by atoms with Crippen molar-refractivity contribution >= 4 is 11.9 Å². The first-order valence-corrected chi connectivity index (χ1v) is 5.76. The molecule has 3 N–H and O–H groups in total. The maximum absolute atomic E-state index is 12.1. The van der Waals surface area contributed by atoms with Crippen LogP contribution in [0.2, 0.25) is 0 Å². The van der Waals surface area contributed by atoms with Crippen molar-refractivity contribution in [1.82, 2.24) is 10.6 Å². The maximum Gasteiger partial charge on any atom is 0.325 e. The molecule has 0 aromatic heterocycles. The molecule has 1 aliphatic rings. The van der Waals surface area contributed by atoms with Gasteiger partial charge in [0.05, 0.1) is 5.41 Å². The fourth-order valence-electron chi connectivity index (χ4n) is 2.15. The van der Waals surface area contributed by atoms with E-state index in [1.165, 1.54) is 6.92 Å². The number of carbonyl (C=O) groups is 2. The third-order valence-electron chi connectivity index (χ3n) is 3.17. The summed E-state index contributed by atoms with van der Waals surface area (Å²) in [5, 5.41) is 14.5. The number of hydrogen-bond donors (Lipinski definition) is 3. The summed E-state index contributed by atoms with van der Waals surface area (Å²) in [6.07, 6.45) is 2.52. The molecule has 1 rings (SSSR count). The third kappa shape index (κ3) is 2.72. The average Bonchev–Trinajstić information content (AvgIpc) is 2.68. The Labute approximate surface area is 95.6 Å². The number of nitrogens with one attached hydrogen (secondary N) is 2. The van der Waals surface area contributed by atoms with Crippen molar-refractivity contribution in [3.63, 3.8) is 0 Å². The normalized spacial score (nSPS) is 26.4. The highest BCUT2D eigenvalue weighted by molar-refractivity contribution is 5.87. The molecular weight excluding hydrogens is 208 g/mol. The van der Waals surface area contributed by atoms with E-state index in [4.69, 9.17) is 5.11 Å². The summed E-state index contributed by atoms with van der Waals surface area (Å²) < 4.78 is 0. The topological polar surface area (TPSA) is 78.4 Å². The van der Waals surface area contributed by atoms with Crippen LogP contribution in [0.25, 0.3) is 0 Å². The van der Waals surface area contributed by atoms with Crippen LogP contribution in [0.3, 0.4) is 0 Å². The lowest BCUT2D eigenvalue weighted by Crippen LogP contribution is -2.48. The number of carbonyl (C=O) groups excluding carboxylic acids is 1. The Balaban J connectivity index is 2.65. The van der Waals surface area contributed by atoms with Crippen LogP contribution in [0.15, 0.2) is 0 Å². The minimum absolute atomic E-state index is 0.130. The van der Waals surface area contributed by atoms with Crippen molar-refractivity contribution in [3.8, 4) is 0 Å². The van der Waals surface area contributed by atoms with Crippen LogP contribution in [0.5, 0.6) is 0 Å². The van der Waals surface area contributed by atoms with Crippen LogP contribution in [0, 0.1) is 5.41 Å². The van der Waals surface area contributed by atoms with Gasteiger partial charge < -0.3 is 15.7 Å². The third-order valence-corrected chi connectivity index (χ3v) is 3.17. The lowest BCUT2D eigenvalue weighted by atomic mass is 9.81. The highest BCUT2D eigenvalue weighted by atomic mass is 16.4. The summed E-state index contributed by atoms with van der Waals surface area (Å²) in [7, 11) is 0. The van der Waals surface area contributed by atoms with Crippen molar-refractivity contribution in [2.24, 2.45) is 5.41 Å². The number of amides is 1. The van der Waals surface area contributed by atoms with E-state index < -0.39 is 17.4 Å². The molecule has 0 radical (unpaired) electrons. The largest absolute Gasteiger partial charge is 0.480 e. The van der Waals surface area contributed by atoms with Gasteiger partial charge in [-0.05, 0) is 26.3 Å². The molecule has 16 heavy (non-hydrogen) atoms. The standard InChI is InChI=1S/C11H20N2O3/c1-3-4-11(5-6-12-7-11)10(16)13-8(2)9(14)15/h8,12H,3-7H2,1-2H3,(H,13,16)(H,14,15)/t8-,11?/m1/s1. The number of aliphatic carboxylic acids is 1.